The molecule has 14 heteroatoms. The van der Waals surface area contributed by atoms with Gasteiger partial charge in [-0.2, -0.15) is 0 Å². The summed E-state index contributed by atoms with van der Waals surface area (Å²) in [6.07, 6.45) is 37.6. The highest BCUT2D eigenvalue weighted by Crippen LogP contribution is 2.30. The van der Waals surface area contributed by atoms with Crippen molar-refractivity contribution in [2.45, 2.75) is 312 Å². The number of aliphatic hydroxyl groups is 8. The average molecular weight is 1040 g/mol. The van der Waals surface area contributed by atoms with Gasteiger partial charge in [0.25, 0.3) is 0 Å². The average Bonchev–Trinajstić information content (AvgIpc) is 3.39. The summed E-state index contributed by atoms with van der Waals surface area (Å²) in [5.41, 5.74) is 0. The van der Waals surface area contributed by atoms with E-state index in [-0.39, 0.29) is 18.9 Å². The van der Waals surface area contributed by atoms with Crippen molar-refractivity contribution >= 4 is 5.91 Å². The summed E-state index contributed by atoms with van der Waals surface area (Å²) in [5.74, 6) is -0.250. The van der Waals surface area contributed by atoms with E-state index in [9.17, 15) is 45.6 Å². The number of aliphatic hydroxyl groups excluding tert-OH is 8. The van der Waals surface area contributed by atoms with E-state index in [2.05, 4.69) is 43.5 Å². The van der Waals surface area contributed by atoms with Gasteiger partial charge >= 0.3 is 0 Å². The fraction of sp³-hybridized carbons (Fsp3) is 0.881. The molecule has 2 rings (SSSR count). The number of hydrogen-bond acceptors (Lipinski definition) is 13. The van der Waals surface area contributed by atoms with Gasteiger partial charge in [-0.05, 0) is 44.9 Å². The van der Waals surface area contributed by atoms with Crippen molar-refractivity contribution in [2.75, 3.05) is 19.8 Å². The highest BCUT2D eigenvalue weighted by atomic mass is 16.7. The van der Waals surface area contributed by atoms with Crippen LogP contribution in [0.3, 0.4) is 0 Å². The van der Waals surface area contributed by atoms with Crippen molar-refractivity contribution in [3.63, 3.8) is 0 Å². The standard InChI is InChI=1S/C59H109NO13/c1-3-5-7-9-11-13-15-17-19-21-22-23-24-25-26-27-29-31-33-35-37-39-41-43-51(64)60-47(48(63)42-40-38-36-34-32-30-28-20-18-16-14-12-10-8-6-4-2)46-70-58-56(69)54(67)57(50(45-62)72-58)73-59-55(68)53(66)52(65)49(44-61)71-59/h18,20,32,34,40,42,47-50,52-59,61-63,65-69H,3-17,19,21-31,33,35-39,41,43-46H2,1-2H3,(H,60,64)/b20-18+,34-32+,42-40+. The van der Waals surface area contributed by atoms with Gasteiger partial charge in [0.05, 0.1) is 32.0 Å². The third-order valence-electron chi connectivity index (χ3n) is 14.6. The lowest BCUT2D eigenvalue weighted by molar-refractivity contribution is -0.359. The molecule has 2 fully saturated rings. The Hall–Kier alpha value is -1.79. The quantitative estimate of drug-likeness (QED) is 0.0205. The molecule has 428 valence electrons. The molecule has 2 aliphatic heterocycles. The van der Waals surface area contributed by atoms with E-state index in [0.717, 1.165) is 44.9 Å². The summed E-state index contributed by atoms with van der Waals surface area (Å²) in [6, 6.07) is -0.935. The molecule has 14 nitrogen and oxygen atoms in total. The van der Waals surface area contributed by atoms with Crippen molar-refractivity contribution in [3.8, 4) is 0 Å². The number of unbranched alkanes of at least 4 members (excludes halogenated alkanes) is 30. The monoisotopic (exact) mass is 1040 g/mol. The van der Waals surface area contributed by atoms with E-state index in [1.54, 1.807) is 6.08 Å². The first-order valence-electron chi connectivity index (χ1n) is 29.7. The maximum Gasteiger partial charge on any atom is 0.220 e. The number of amides is 1. The molecule has 2 saturated heterocycles. The SMILES string of the molecule is CCCCCCCC/C=C/CC/C=C/CC/C=C/C(O)C(COC1OC(CO)C(OC2OC(CO)C(O)C(O)C2O)C(O)C1O)NC(=O)CCCCCCCCCCCCCCCCCCCCCCCCC. The van der Waals surface area contributed by atoms with E-state index in [1.807, 2.05) is 6.08 Å². The molecule has 9 N–H and O–H groups in total. The van der Waals surface area contributed by atoms with Gasteiger partial charge in [-0.3, -0.25) is 4.79 Å². The molecule has 2 heterocycles. The molecular formula is C59H109NO13. The predicted molar refractivity (Wildman–Crippen MR) is 291 cm³/mol. The molecule has 12 atom stereocenters. The first-order valence-corrected chi connectivity index (χ1v) is 29.7. The van der Waals surface area contributed by atoms with Crippen molar-refractivity contribution in [1.82, 2.24) is 5.32 Å². The zero-order valence-corrected chi connectivity index (χ0v) is 45.9. The molecule has 12 unspecified atom stereocenters. The van der Waals surface area contributed by atoms with Crippen LogP contribution >= 0.6 is 0 Å². The van der Waals surface area contributed by atoms with Gasteiger partial charge in [0, 0.05) is 6.42 Å². The highest BCUT2D eigenvalue weighted by Gasteiger charge is 2.51. The second-order valence-electron chi connectivity index (χ2n) is 21.1. The third kappa shape index (κ3) is 31.3. The van der Waals surface area contributed by atoms with E-state index in [1.165, 1.54) is 161 Å². The number of carbonyl (C=O) groups excluding carboxylic acids is 1. The largest absolute Gasteiger partial charge is 0.394 e. The zero-order valence-electron chi connectivity index (χ0n) is 45.9. The lowest BCUT2D eigenvalue weighted by Gasteiger charge is -2.46. The van der Waals surface area contributed by atoms with Crippen LogP contribution in [0.4, 0.5) is 0 Å². The maximum atomic E-state index is 13.2. The summed E-state index contributed by atoms with van der Waals surface area (Å²) in [7, 11) is 0. The van der Waals surface area contributed by atoms with Gasteiger partial charge in [-0.15, -0.1) is 0 Å². The molecule has 0 aromatic carbocycles. The minimum atomic E-state index is -1.79. The zero-order chi connectivity index (χ0) is 53.2. The predicted octanol–water partition coefficient (Wildman–Crippen LogP) is 9.83. The Balaban J connectivity index is 1.77. The van der Waals surface area contributed by atoms with Crippen molar-refractivity contribution in [3.05, 3.63) is 36.5 Å². The first kappa shape index (κ1) is 67.3. The van der Waals surface area contributed by atoms with Crippen LogP contribution in [0.1, 0.15) is 239 Å². The van der Waals surface area contributed by atoms with Crippen LogP contribution in [0.5, 0.6) is 0 Å². The van der Waals surface area contributed by atoms with Gasteiger partial charge in [0.2, 0.25) is 5.91 Å². The van der Waals surface area contributed by atoms with E-state index in [0.29, 0.717) is 12.8 Å². The number of hydrogen-bond donors (Lipinski definition) is 9. The topological polar surface area (TPSA) is 228 Å². The molecule has 0 saturated carbocycles. The van der Waals surface area contributed by atoms with Crippen LogP contribution in [0.15, 0.2) is 36.5 Å². The van der Waals surface area contributed by atoms with E-state index >= 15 is 0 Å². The number of carbonyl (C=O) groups is 1. The summed E-state index contributed by atoms with van der Waals surface area (Å²) in [4.78, 5) is 13.2. The lowest BCUT2D eigenvalue weighted by atomic mass is 9.97. The Morgan fingerprint density at radius 3 is 1.34 bits per heavy atom. The van der Waals surface area contributed by atoms with Crippen molar-refractivity contribution < 1.29 is 64.6 Å². The molecule has 0 spiro atoms. The lowest BCUT2D eigenvalue weighted by Crippen LogP contribution is -2.65. The summed E-state index contributed by atoms with van der Waals surface area (Å²) >= 11 is 0. The van der Waals surface area contributed by atoms with Crippen LogP contribution in [0.2, 0.25) is 0 Å². The van der Waals surface area contributed by atoms with Crippen molar-refractivity contribution in [2.24, 2.45) is 0 Å². The van der Waals surface area contributed by atoms with Gasteiger partial charge in [-0.25, -0.2) is 0 Å². The fourth-order valence-electron chi connectivity index (χ4n) is 9.74. The summed E-state index contributed by atoms with van der Waals surface area (Å²) in [6.45, 7) is 2.78. The van der Waals surface area contributed by atoms with Crippen molar-refractivity contribution in [1.29, 1.82) is 0 Å². The van der Waals surface area contributed by atoms with Gasteiger partial charge < -0.3 is 65.1 Å². The molecule has 2 aliphatic rings. The van der Waals surface area contributed by atoms with Gasteiger partial charge in [0.15, 0.2) is 12.6 Å². The summed E-state index contributed by atoms with van der Waals surface area (Å²) in [5, 5.41) is 87.0. The van der Waals surface area contributed by atoms with Crippen LogP contribution in [0, 0.1) is 0 Å². The van der Waals surface area contributed by atoms with E-state index < -0.39 is 86.8 Å². The van der Waals surface area contributed by atoms with Gasteiger partial charge in [-0.1, -0.05) is 224 Å². The maximum absolute atomic E-state index is 13.2. The number of rotatable bonds is 47. The van der Waals surface area contributed by atoms with E-state index in [4.69, 9.17) is 18.9 Å². The Morgan fingerprint density at radius 2 is 0.877 bits per heavy atom. The number of nitrogens with one attached hydrogen (secondary N) is 1. The first-order chi connectivity index (χ1) is 35.6. The molecular weight excluding hydrogens is 931 g/mol. The Morgan fingerprint density at radius 1 is 0.479 bits per heavy atom. The Kier molecular flexibility index (Phi) is 41.7. The number of ether oxygens (including phenoxy) is 4. The molecule has 1 amide bonds. The summed E-state index contributed by atoms with van der Waals surface area (Å²) < 4.78 is 22.7. The highest BCUT2D eigenvalue weighted by molar-refractivity contribution is 5.76. The van der Waals surface area contributed by atoms with Crippen LogP contribution < -0.4 is 5.32 Å². The Bertz CT molecular complexity index is 1370. The molecule has 0 aliphatic carbocycles. The second kappa shape index (κ2) is 45.3. The van der Waals surface area contributed by atoms with Crippen LogP contribution in [0.25, 0.3) is 0 Å². The number of allylic oxidation sites excluding steroid dienone is 5. The minimum absolute atomic E-state index is 0.250. The Labute approximate surface area is 442 Å². The minimum Gasteiger partial charge on any atom is -0.394 e. The van der Waals surface area contributed by atoms with Crippen LogP contribution in [-0.2, 0) is 23.7 Å². The smallest absolute Gasteiger partial charge is 0.220 e. The van der Waals surface area contributed by atoms with Gasteiger partial charge in [0.1, 0.15) is 48.8 Å². The molecule has 0 aromatic rings. The molecule has 73 heavy (non-hydrogen) atoms. The van der Waals surface area contributed by atoms with Crippen LogP contribution in [-0.4, -0.2) is 140 Å². The fourth-order valence-corrected chi connectivity index (χ4v) is 9.74. The third-order valence-corrected chi connectivity index (χ3v) is 14.6. The molecule has 0 aromatic heterocycles. The molecule has 0 radical (unpaired) electrons. The molecule has 0 bridgehead atoms. The normalized spacial score (nSPS) is 25.6. The second-order valence-corrected chi connectivity index (χ2v) is 21.1.